The Kier molecular flexibility index (Phi) is 6.58. The molecule has 98 valence electrons. The van der Waals surface area contributed by atoms with E-state index < -0.39 is 0 Å². The van der Waals surface area contributed by atoms with E-state index in [1.165, 1.54) is 6.42 Å². The molecule has 0 saturated heterocycles. The lowest BCUT2D eigenvalue weighted by molar-refractivity contribution is 0.370. The highest BCUT2D eigenvalue weighted by Crippen LogP contribution is 2.17. The summed E-state index contributed by atoms with van der Waals surface area (Å²) in [4.78, 5) is 4.37. The van der Waals surface area contributed by atoms with Crippen molar-refractivity contribution in [2.24, 2.45) is 0 Å². The van der Waals surface area contributed by atoms with Crippen LogP contribution in [0.5, 0.6) is 0 Å². The third kappa shape index (κ3) is 6.07. The van der Waals surface area contributed by atoms with Crippen molar-refractivity contribution in [2.45, 2.75) is 57.6 Å². The topological polar surface area (TPSA) is 51.0 Å². The van der Waals surface area contributed by atoms with E-state index in [1.54, 1.807) is 0 Å². The van der Waals surface area contributed by atoms with E-state index in [0.29, 0.717) is 11.3 Å². The van der Waals surface area contributed by atoms with E-state index in [0.717, 1.165) is 30.4 Å². The highest BCUT2D eigenvalue weighted by Gasteiger charge is 2.08. The highest BCUT2D eigenvalue weighted by atomic mass is 32.2. The second kappa shape index (κ2) is 7.71. The van der Waals surface area contributed by atoms with E-state index in [4.69, 9.17) is 4.52 Å². The van der Waals surface area contributed by atoms with Gasteiger partial charge in [0.05, 0.1) is 5.75 Å². The Labute approximate surface area is 108 Å². The Morgan fingerprint density at radius 2 is 2.12 bits per heavy atom. The van der Waals surface area contributed by atoms with Crippen LogP contribution in [0.25, 0.3) is 0 Å². The summed E-state index contributed by atoms with van der Waals surface area (Å²) in [5.74, 6) is 2.39. The van der Waals surface area contributed by atoms with Gasteiger partial charge in [0.2, 0.25) is 5.89 Å². The van der Waals surface area contributed by atoms with Crippen molar-refractivity contribution in [1.29, 1.82) is 0 Å². The van der Waals surface area contributed by atoms with Crippen LogP contribution in [0, 0.1) is 0 Å². The number of nitrogens with zero attached hydrogens (tertiary/aromatic N) is 2. The maximum atomic E-state index is 5.20. The van der Waals surface area contributed by atoms with Gasteiger partial charge in [-0.15, -0.1) is 0 Å². The van der Waals surface area contributed by atoms with Crippen LogP contribution in [-0.2, 0) is 12.2 Å². The molecule has 1 heterocycles. The Balaban J connectivity index is 2.27. The molecule has 1 unspecified atom stereocenters. The fraction of sp³-hybridized carbons (Fsp3) is 0.833. The molecular formula is C12H23N3OS. The number of thioether (sulfide) groups is 1. The van der Waals surface area contributed by atoms with Crippen LogP contribution in [-0.4, -0.2) is 28.0 Å². The van der Waals surface area contributed by atoms with Gasteiger partial charge in [0.1, 0.15) is 0 Å². The van der Waals surface area contributed by atoms with E-state index >= 15 is 0 Å². The molecule has 0 fully saturated rings. The number of nitrogens with one attached hydrogen (secondary N) is 1. The first kappa shape index (κ1) is 14.5. The zero-order chi connectivity index (χ0) is 12.7. The highest BCUT2D eigenvalue weighted by molar-refractivity contribution is 7.99. The standard InChI is InChI=1S/C12H23N3OS/c1-5-10(4)17-8-11-14-12(16-15-11)6-7-13-9(2)3/h9-10,13H,5-8H2,1-4H3. The fourth-order valence-corrected chi connectivity index (χ4v) is 2.04. The SMILES string of the molecule is CCC(C)SCc1noc(CCNC(C)C)n1. The molecule has 0 aliphatic rings. The van der Waals surface area contributed by atoms with Gasteiger partial charge in [0, 0.05) is 24.3 Å². The molecule has 0 aliphatic carbocycles. The molecule has 4 nitrogen and oxygen atoms in total. The maximum absolute atomic E-state index is 5.20. The molecule has 0 amide bonds. The molecule has 1 aromatic heterocycles. The molecule has 1 atom stereocenters. The van der Waals surface area contributed by atoms with Gasteiger partial charge in [-0.1, -0.05) is 32.9 Å². The van der Waals surface area contributed by atoms with Crippen LogP contribution in [0.3, 0.4) is 0 Å². The van der Waals surface area contributed by atoms with Crippen LogP contribution in [0.2, 0.25) is 0 Å². The summed E-state index contributed by atoms with van der Waals surface area (Å²) in [7, 11) is 0. The minimum Gasteiger partial charge on any atom is -0.339 e. The van der Waals surface area contributed by atoms with Gasteiger partial charge in [-0.3, -0.25) is 0 Å². The first-order valence-electron chi connectivity index (χ1n) is 6.28. The van der Waals surface area contributed by atoms with Crippen molar-refractivity contribution in [1.82, 2.24) is 15.5 Å². The molecule has 0 aliphatic heterocycles. The summed E-state index contributed by atoms with van der Waals surface area (Å²) in [6, 6.07) is 0.498. The Bertz CT molecular complexity index is 314. The summed E-state index contributed by atoms with van der Waals surface area (Å²) in [6.07, 6.45) is 1.98. The summed E-state index contributed by atoms with van der Waals surface area (Å²) in [5.41, 5.74) is 0. The number of rotatable bonds is 8. The Hall–Kier alpha value is -0.550. The smallest absolute Gasteiger partial charge is 0.227 e. The van der Waals surface area contributed by atoms with Gasteiger partial charge in [-0.25, -0.2) is 0 Å². The Morgan fingerprint density at radius 3 is 2.76 bits per heavy atom. The fourth-order valence-electron chi connectivity index (χ4n) is 1.25. The predicted molar refractivity (Wildman–Crippen MR) is 72.2 cm³/mol. The molecule has 0 saturated carbocycles. The molecule has 0 radical (unpaired) electrons. The predicted octanol–water partition coefficient (Wildman–Crippen LogP) is 2.64. The summed E-state index contributed by atoms with van der Waals surface area (Å²) in [5, 5.41) is 7.97. The van der Waals surface area contributed by atoms with Crippen LogP contribution in [0.1, 0.15) is 45.8 Å². The first-order valence-corrected chi connectivity index (χ1v) is 7.33. The van der Waals surface area contributed by atoms with Gasteiger partial charge in [0.15, 0.2) is 5.82 Å². The third-order valence-electron chi connectivity index (χ3n) is 2.47. The van der Waals surface area contributed by atoms with Crippen LogP contribution in [0.4, 0.5) is 0 Å². The summed E-state index contributed by atoms with van der Waals surface area (Å²) >= 11 is 1.87. The monoisotopic (exact) mass is 257 g/mol. The Morgan fingerprint density at radius 1 is 1.35 bits per heavy atom. The number of hydrogen-bond donors (Lipinski definition) is 1. The molecule has 17 heavy (non-hydrogen) atoms. The number of hydrogen-bond acceptors (Lipinski definition) is 5. The van der Waals surface area contributed by atoms with Gasteiger partial charge in [-0.2, -0.15) is 16.7 Å². The van der Waals surface area contributed by atoms with Gasteiger partial charge in [-0.05, 0) is 6.42 Å². The van der Waals surface area contributed by atoms with Crippen LogP contribution in [0.15, 0.2) is 4.52 Å². The lowest BCUT2D eigenvalue weighted by Gasteiger charge is -2.05. The van der Waals surface area contributed by atoms with Crippen molar-refractivity contribution >= 4 is 11.8 Å². The quantitative estimate of drug-likeness (QED) is 0.776. The molecule has 1 aromatic rings. The van der Waals surface area contributed by atoms with E-state index in [2.05, 4.69) is 43.2 Å². The minimum absolute atomic E-state index is 0.498. The summed E-state index contributed by atoms with van der Waals surface area (Å²) in [6.45, 7) is 9.55. The second-order valence-corrected chi connectivity index (χ2v) is 5.92. The lowest BCUT2D eigenvalue weighted by Crippen LogP contribution is -2.25. The average Bonchev–Trinajstić information content (AvgIpc) is 2.73. The van der Waals surface area contributed by atoms with Gasteiger partial charge < -0.3 is 9.84 Å². The molecule has 0 aromatic carbocycles. The molecule has 0 spiro atoms. The van der Waals surface area contributed by atoms with Crippen LogP contribution >= 0.6 is 11.8 Å². The third-order valence-corrected chi connectivity index (χ3v) is 3.80. The van der Waals surface area contributed by atoms with Crippen molar-refractivity contribution in [3.8, 4) is 0 Å². The molecule has 1 N–H and O–H groups in total. The zero-order valence-corrected chi connectivity index (χ0v) is 12.0. The summed E-state index contributed by atoms with van der Waals surface area (Å²) < 4.78 is 5.20. The zero-order valence-electron chi connectivity index (χ0n) is 11.2. The molecular weight excluding hydrogens is 234 g/mol. The van der Waals surface area contributed by atoms with E-state index in [1.807, 2.05) is 11.8 Å². The second-order valence-electron chi connectivity index (χ2n) is 4.49. The maximum Gasteiger partial charge on any atom is 0.227 e. The molecule has 0 bridgehead atoms. The first-order chi connectivity index (χ1) is 8.11. The van der Waals surface area contributed by atoms with Crippen molar-refractivity contribution in [2.75, 3.05) is 6.54 Å². The van der Waals surface area contributed by atoms with Crippen molar-refractivity contribution in [3.63, 3.8) is 0 Å². The lowest BCUT2D eigenvalue weighted by atomic mass is 10.3. The van der Waals surface area contributed by atoms with Gasteiger partial charge >= 0.3 is 0 Å². The normalized spacial score (nSPS) is 13.2. The average molecular weight is 257 g/mol. The molecule has 1 rings (SSSR count). The minimum atomic E-state index is 0.498. The van der Waals surface area contributed by atoms with Crippen LogP contribution < -0.4 is 5.32 Å². The largest absolute Gasteiger partial charge is 0.339 e. The molecule has 5 heteroatoms. The van der Waals surface area contributed by atoms with E-state index in [-0.39, 0.29) is 0 Å². The van der Waals surface area contributed by atoms with E-state index in [9.17, 15) is 0 Å². The van der Waals surface area contributed by atoms with Gasteiger partial charge in [0.25, 0.3) is 0 Å². The van der Waals surface area contributed by atoms with Crippen molar-refractivity contribution in [3.05, 3.63) is 11.7 Å². The number of aromatic nitrogens is 2. The van der Waals surface area contributed by atoms with Crippen molar-refractivity contribution < 1.29 is 4.52 Å².